The topological polar surface area (TPSA) is 51.2 Å². The largest absolute Gasteiger partial charge is 0.465 e. The molecule has 7 rings (SSSR count). The number of ether oxygens (including phenoxy) is 1. The van der Waals surface area contributed by atoms with Crippen molar-refractivity contribution >= 4 is 11.5 Å². The van der Waals surface area contributed by atoms with Crippen molar-refractivity contribution in [2.75, 3.05) is 7.11 Å². The van der Waals surface area contributed by atoms with Gasteiger partial charge in [-0.1, -0.05) is 65.3 Å². The molecule has 0 bridgehead atoms. The SMILES string of the molecule is C#C.C#C.C#C.C=CC.COC(=O)c1ccc(C2=CC[C@@]3(C)C(CC[C@]4(C)C3CC[C@@H]3C5CCC[C@]5(NCc5ccnc(F)c5)CC[C@]34C)C2(C)C)cc1. The third kappa shape index (κ3) is 7.58. The number of halogens is 1. The Labute approximate surface area is 327 Å². The van der Waals surface area contributed by atoms with Gasteiger partial charge in [-0.15, -0.1) is 45.1 Å². The van der Waals surface area contributed by atoms with E-state index in [1.165, 1.54) is 76.0 Å². The monoisotopic (exact) mass is 733 g/mol. The second-order valence-electron chi connectivity index (χ2n) is 17.2. The van der Waals surface area contributed by atoms with Crippen LogP contribution in [0.2, 0.25) is 0 Å². The summed E-state index contributed by atoms with van der Waals surface area (Å²) in [5.74, 6) is 2.12. The highest BCUT2D eigenvalue weighted by Crippen LogP contribution is 2.76. The Kier molecular flexibility index (Phi) is 14.8. The lowest BCUT2D eigenvalue weighted by atomic mass is 9.33. The van der Waals surface area contributed by atoms with Gasteiger partial charge in [-0.2, -0.15) is 4.39 Å². The van der Waals surface area contributed by atoms with Gasteiger partial charge in [0.2, 0.25) is 5.95 Å². The maximum Gasteiger partial charge on any atom is 0.337 e. The number of carbonyl (C=O) groups is 1. The van der Waals surface area contributed by atoms with E-state index in [4.69, 9.17) is 4.74 Å². The first-order chi connectivity index (χ1) is 25.8. The van der Waals surface area contributed by atoms with Crippen LogP contribution in [0.4, 0.5) is 4.39 Å². The number of rotatable bonds is 5. The standard InChI is InChI=1S/C40H53FN2O2.C3H6.3C2H2/c1-36(2)29(27-9-11-28(12-10-27)35(44)45-6)15-19-37(3)32(36)16-20-39(5)33(37)14-13-30-31-8-7-18-40(31,22-21-38(30,39)4)43-25-26-17-23-42-34(41)24-26;1-3-2;3*1-2/h9-12,15,17,23-24,30-33,43H,7-8,13-14,16,18-22,25H2,1-6H3;3H,1H2,2H3;3*1-2H/t30-,31?,32?,33?,37+,38-,39-,40+;;;;/m1..../s1. The Morgan fingerprint density at radius 3 is 2.15 bits per heavy atom. The normalized spacial score (nSPS) is 33.6. The fourth-order valence-corrected chi connectivity index (χ4v) is 12.7. The van der Waals surface area contributed by atoms with Crippen molar-refractivity contribution in [3.05, 3.63) is 84.0 Å². The zero-order valence-electron chi connectivity index (χ0n) is 34.1. The minimum atomic E-state index is -0.384. The van der Waals surface area contributed by atoms with Crippen LogP contribution in [0, 0.1) is 89.8 Å². The minimum absolute atomic E-state index is 0.0579. The molecule has 5 aliphatic carbocycles. The lowest BCUT2D eigenvalue weighted by Crippen LogP contribution is -2.67. The molecule has 1 N–H and O–H groups in total. The van der Waals surface area contributed by atoms with E-state index in [1.54, 1.807) is 18.3 Å². The van der Waals surface area contributed by atoms with Crippen molar-refractivity contribution in [1.82, 2.24) is 10.3 Å². The molecule has 5 heteroatoms. The number of pyridine rings is 1. The number of methoxy groups -OCH3 is 1. The number of hydrogen-bond acceptors (Lipinski definition) is 4. The van der Waals surface area contributed by atoms with Gasteiger partial charge >= 0.3 is 5.97 Å². The first-order valence-electron chi connectivity index (χ1n) is 19.6. The molecule has 1 aromatic heterocycles. The number of fused-ring (bicyclic) bond motifs is 7. The van der Waals surface area contributed by atoms with Crippen LogP contribution in [-0.2, 0) is 11.3 Å². The molecule has 4 nitrogen and oxygen atoms in total. The van der Waals surface area contributed by atoms with Gasteiger partial charge in [0.1, 0.15) is 0 Å². The molecule has 0 saturated heterocycles. The van der Waals surface area contributed by atoms with E-state index >= 15 is 0 Å². The highest BCUT2D eigenvalue weighted by molar-refractivity contribution is 5.89. The first-order valence-corrected chi connectivity index (χ1v) is 19.6. The predicted octanol–water partition coefficient (Wildman–Crippen LogP) is 11.3. The van der Waals surface area contributed by atoms with E-state index in [9.17, 15) is 9.18 Å². The molecule has 1 aromatic carbocycles. The van der Waals surface area contributed by atoms with Gasteiger partial charge in [0.15, 0.2) is 0 Å². The number of esters is 1. The quantitative estimate of drug-likeness (QED) is 0.144. The van der Waals surface area contributed by atoms with E-state index in [1.807, 2.05) is 25.1 Å². The summed E-state index contributed by atoms with van der Waals surface area (Å²) < 4.78 is 18.8. The Hall–Kier alpha value is -4.11. The third-order valence-electron chi connectivity index (χ3n) is 15.0. The second kappa shape index (κ2) is 18.0. The van der Waals surface area contributed by atoms with Crippen molar-refractivity contribution < 1.29 is 13.9 Å². The molecule has 4 saturated carbocycles. The summed E-state index contributed by atoms with van der Waals surface area (Å²) in [6.07, 6.45) is 42.7. The minimum Gasteiger partial charge on any atom is -0.465 e. The summed E-state index contributed by atoms with van der Waals surface area (Å²) in [4.78, 5) is 15.8. The molecule has 0 amide bonds. The number of carbonyl (C=O) groups excluding carboxylic acids is 1. The van der Waals surface area contributed by atoms with E-state index in [0.29, 0.717) is 34.1 Å². The van der Waals surface area contributed by atoms with Crippen LogP contribution in [0.15, 0.2) is 61.3 Å². The van der Waals surface area contributed by atoms with Crippen molar-refractivity contribution in [2.24, 2.45) is 45.3 Å². The molecular weight excluding hydrogens is 668 g/mol. The van der Waals surface area contributed by atoms with Crippen LogP contribution in [0.25, 0.3) is 5.57 Å². The van der Waals surface area contributed by atoms with E-state index < -0.39 is 0 Å². The molecule has 0 aliphatic heterocycles. The molecule has 54 heavy (non-hydrogen) atoms. The molecule has 0 radical (unpaired) electrons. The van der Waals surface area contributed by atoms with Crippen LogP contribution in [0.1, 0.15) is 127 Å². The third-order valence-corrected chi connectivity index (χ3v) is 15.0. The zero-order valence-corrected chi connectivity index (χ0v) is 34.1. The Balaban J connectivity index is 0.000000807. The van der Waals surface area contributed by atoms with Crippen molar-refractivity contribution in [3.8, 4) is 38.5 Å². The van der Waals surface area contributed by atoms with Gasteiger partial charge < -0.3 is 10.1 Å². The number of allylic oxidation sites excluding steroid dienone is 3. The fraction of sp³-hybridized carbons (Fsp3) is 0.551. The van der Waals surface area contributed by atoms with Crippen LogP contribution in [0.5, 0.6) is 0 Å². The Bertz CT molecular complexity index is 1670. The van der Waals surface area contributed by atoms with Crippen molar-refractivity contribution in [1.29, 1.82) is 0 Å². The molecule has 3 unspecified atom stereocenters. The van der Waals surface area contributed by atoms with Gasteiger partial charge in [-0.25, -0.2) is 9.78 Å². The van der Waals surface area contributed by atoms with Crippen LogP contribution < -0.4 is 5.32 Å². The molecule has 4 fully saturated rings. The predicted molar refractivity (Wildman–Crippen MR) is 223 cm³/mol. The van der Waals surface area contributed by atoms with Crippen molar-refractivity contribution in [2.45, 2.75) is 118 Å². The highest BCUT2D eigenvalue weighted by atomic mass is 19.1. The smallest absolute Gasteiger partial charge is 0.337 e. The van der Waals surface area contributed by atoms with Gasteiger partial charge in [0.25, 0.3) is 0 Å². The fourth-order valence-electron chi connectivity index (χ4n) is 12.7. The summed E-state index contributed by atoms with van der Waals surface area (Å²) in [5.41, 5.74) is 5.48. The molecule has 5 aliphatic rings. The van der Waals surface area contributed by atoms with Crippen LogP contribution in [0.3, 0.4) is 0 Å². The zero-order chi connectivity index (χ0) is 40.5. The van der Waals surface area contributed by atoms with Gasteiger partial charge in [0.05, 0.1) is 12.7 Å². The van der Waals surface area contributed by atoms with Gasteiger partial charge in [0, 0.05) is 18.3 Å². The lowest BCUT2D eigenvalue weighted by Gasteiger charge is -2.72. The van der Waals surface area contributed by atoms with Gasteiger partial charge in [-0.3, -0.25) is 0 Å². The summed E-state index contributed by atoms with van der Waals surface area (Å²) >= 11 is 0. The van der Waals surface area contributed by atoms with Gasteiger partial charge in [-0.05, 0) is 151 Å². The number of nitrogens with zero attached hydrogens (tertiary/aromatic N) is 1. The first kappa shape index (κ1) is 44.3. The molecule has 290 valence electrons. The number of benzene rings is 1. The number of aromatic nitrogens is 1. The summed E-state index contributed by atoms with van der Waals surface area (Å²) in [7, 11) is 1.44. The number of terminal acetylenes is 3. The summed E-state index contributed by atoms with van der Waals surface area (Å²) in [6.45, 7) is 19.0. The van der Waals surface area contributed by atoms with E-state index in [-0.39, 0.29) is 28.3 Å². The van der Waals surface area contributed by atoms with Crippen LogP contribution >= 0.6 is 0 Å². The van der Waals surface area contributed by atoms with Crippen molar-refractivity contribution in [3.63, 3.8) is 0 Å². The molecule has 1 heterocycles. The maximum atomic E-state index is 13.9. The maximum absolute atomic E-state index is 13.9. The highest BCUT2D eigenvalue weighted by Gasteiger charge is 2.69. The Morgan fingerprint density at radius 1 is 0.889 bits per heavy atom. The molecule has 0 spiro atoms. The summed E-state index contributed by atoms with van der Waals surface area (Å²) in [6, 6.07) is 11.6. The molecule has 2 aromatic rings. The summed E-state index contributed by atoms with van der Waals surface area (Å²) in [5, 5.41) is 4.04. The Morgan fingerprint density at radius 2 is 1.54 bits per heavy atom. The van der Waals surface area contributed by atoms with E-state index in [0.717, 1.165) is 24.4 Å². The van der Waals surface area contributed by atoms with E-state index in [2.05, 4.69) is 108 Å². The lowest BCUT2D eigenvalue weighted by molar-refractivity contribution is -0.217. The second-order valence-corrected chi connectivity index (χ2v) is 17.2. The average Bonchev–Trinajstić information content (AvgIpc) is 3.61. The van der Waals surface area contributed by atoms with Crippen LogP contribution in [-0.4, -0.2) is 23.6 Å². The molecule has 8 atom stereocenters. The number of nitrogens with one attached hydrogen (secondary N) is 1. The number of hydrogen-bond donors (Lipinski definition) is 1. The molecular formula is C49H65FN2O2. The average molecular weight is 733 g/mol.